The SMILES string of the molecule is COc1ccccc1CNC(=O)c1nn(C)c2c1CCc1ccccc1-2. The predicted octanol–water partition coefficient (Wildman–Crippen LogP) is 3.12. The summed E-state index contributed by atoms with van der Waals surface area (Å²) in [6, 6.07) is 16.0. The van der Waals surface area contributed by atoms with E-state index in [2.05, 4.69) is 28.6 Å². The summed E-state index contributed by atoms with van der Waals surface area (Å²) in [4.78, 5) is 12.8. The second kappa shape index (κ2) is 6.67. The van der Waals surface area contributed by atoms with Crippen LogP contribution in [-0.2, 0) is 26.4 Å². The molecule has 0 aliphatic heterocycles. The van der Waals surface area contributed by atoms with E-state index in [4.69, 9.17) is 4.74 Å². The Morgan fingerprint density at radius 1 is 1.15 bits per heavy atom. The average Bonchev–Trinajstić information content (AvgIpc) is 3.03. The first-order valence-electron chi connectivity index (χ1n) is 8.73. The predicted molar refractivity (Wildman–Crippen MR) is 100 cm³/mol. The number of hydrogen-bond donors (Lipinski definition) is 1. The van der Waals surface area contributed by atoms with Crippen molar-refractivity contribution in [2.24, 2.45) is 7.05 Å². The van der Waals surface area contributed by atoms with E-state index in [9.17, 15) is 4.79 Å². The molecule has 0 atom stereocenters. The summed E-state index contributed by atoms with van der Waals surface area (Å²) in [5.74, 6) is 0.622. The van der Waals surface area contributed by atoms with Crippen LogP contribution in [0.25, 0.3) is 11.3 Å². The molecule has 0 unspecified atom stereocenters. The molecule has 1 aliphatic rings. The number of rotatable bonds is 4. The van der Waals surface area contributed by atoms with Gasteiger partial charge in [0.15, 0.2) is 5.69 Å². The normalized spacial score (nSPS) is 12.2. The van der Waals surface area contributed by atoms with Crippen LogP contribution < -0.4 is 10.1 Å². The summed E-state index contributed by atoms with van der Waals surface area (Å²) in [6.07, 6.45) is 1.76. The van der Waals surface area contributed by atoms with Crippen molar-refractivity contribution in [2.45, 2.75) is 19.4 Å². The second-order valence-electron chi connectivity index (χ2n) is 6.45. The molecule has 5 nitrogen and oxygen atoms in total. The molecule has 0 saturated heterocycles. The highest BCUT2D eigenvalue weighted by atomic mass is 16.5. The molecule has 0 saturated carbocycles. The van der Waals surface area contributed by atoms with Gasteiger partial charge in [-0.1, -0.05) is 42.5 Å². The summed E-state index contributed by atoms with van der Waals surface area (Å²) in [5, 5.41) is 7.50. The topological polar surface area (TPSA) is 56.1 Å². The third-order valence-corrected chi connectivity index (χ3v) is 4.91. The second-order valence-corrected chi connectivity index (χ2v) is 6.45. The number of para-hydroxylation sites is 1. The minimum Gasteiger partial charge on any atom is -0.496 e. The van der Waals surface area contributed by atoms with E-state index in [1.54, 1.807) is 7.11 Å². The number of aryl methyl sites for hydroxylation is 2. The zero-order chi connectivity index (χ0) is 18.1. The highest BCUT2D eigenvalue weighted by molar-refractivity contribution is 5.96. The Kier molecular flexibility index (Phi) is 4.21. The zero-order valence-corrected chi connectivity index (χ0v) is 15.0. The number of nitrogens with zero attached hydrogens (tertiary/aromatic N) is 2. The first-order chi connectivity index (χ1) is 12.7. The first kappa shape index (κ1) is 16.4. The molecule has 1 amide bonds. The van der Waals surface area contributed by atoms with E-state index < -0.39 is 0 Å². The first-order valence-corrected chi connectivity index (χ1v) is 8.73. The van der Waals surface area contributed by atoms with Crippen LogP contribution >= 0.6 is 0 Å². The fourth-order valence-corrected chi connectivity index (χ4v) is 3.66. The van der Waals surface area contributed by atoms with E-state index in [1.165, 1.54) is 11.1 Å². The van der Waals surface area contributed by atoms with Gasteiger partial charge in [0, 0.05) is 30.3 Å². The molecule has 1 heterocycles. The van der Waals surface area contributed by atoms with Crippen LogP contribution in [0, 0.1) is 0 Å². The monoisotopic (exact) mass is 347 g/mol. The maximum absolute atomic E-state index is 12.8. The number of fused-ring (bicyclic) bond motifs is 3. The molecule has 0 fully saturated rings. The Morgan fingerprint density at radius 3 is 2.77 bits per heavy atom. The lowest BCUT2D eigenvalue weighted by Crippen LogP contribution is -2.25. The van der Waals surface area contributed by atoms with Gasteiger partial charge in [-0.15, -0.1) is 0 Å². The van der Waals surface area contributed by atoms with Gasteiger partial charge in [-0.2, -0.15) is 5.10 Å². The largest absolute Gasteiger partial charge is 0.496 e. The van der Waals surface area contributed by atoms with Crippen LogP contribution in [-0.4, -0.2) is 22.8 Å². The lowest BCUT2D eigenvalue weighted by Gasteiger charge is -2.17. The van der Waals surface area contributed by atoms with Gasteiger partial charge in [0.1, 0.15) is 5.75 Å². The quantitative estimate of drug-likeness (QED) is 0.789. The third-order valence-electron chi connectivity index (χ3n) is 4.91. The van der Waals surface area contributed by atoms with Gasteiger partial charge >= 0.3 is 0 Å². The molecule has 1 aromatic heterocycles. The molecular weight excluding hydrogens is 326 g/mol. The van der Waals surface area contributed by atoms with Gasteiger partial charge < -0.3 is 10.1 Å². The van der Waals surface area contributed by atoms with Gasteiger partial charge in [0.25, 0.3) is 5.91 Å². The molecule has 0 radical (unpaired) electrons. The van der Waals surface area contributed by atoms with Gasteiger partial charge in [-0.25, -0.2) is 0 Å². The van der Waals surface area contributed by atoms with Gasteiger partial charge in [0.2, 0.25) is 0 Å². The minimum absolute atomic E-state index is 0.146. The van der Waals surface area contributed by atoms with Crippen LogP contribution in [0.15, 0.2) is 48.5 Å². The van der Waals surface area contributed by atoms with Crippen molar-refractivity contribution in [1.29, 1.82) is 0 Å². The van der Waals surface area contributed by atoms with Crippen LogP contribution in [0.5, 0.6) is 5.75 Å². The van der Waals surface area contributed by atoms with E-state index in [-0.39, 0.29) is 5.91 Å². The average molecular weight is 347 g/mol. The minimum atomic E-state index is -0.146. The van der Waals surface area contributed by atoms with Gasteiger partial charge in [0.05, 0.1) is 12.8 Å². The molecule has 1 N–H and O–H groups in total. The number of benzene rings is 2. The Bertz CT molecular complexity index is 975. The molecule has 2 aromatic carbocycles. The van der Waals surface area contributed by atoms with Crippen molar-refractivity contribution in [2.75, 3.05) is 7.11 Å². The van der Waals surface area contributed by atoms with E-state index >= 15 is 0 Å². The lowest BCUT2D eigenvalue weighted by atomic mass is 9.89. The summed E-state index contributed by atoms with van der Waals surface area (Å²) >= 11 is 0. The number of methoxy groups -OCH3 is 1. The third kappa shape index (κ3) is 2.75. The maximum Gasteiger partial charge on any atom is 0.272 e. The molecular formula is C21H21N3O2. The smallest absolute Gasteiger partial charge is 0.272 e. The van der Waals surface area contributed by atoms with Crippen molar-refractivity contribution in [3.05, 3.63) is 70.9 Å². The number of amides is 1. The maximum atomic E-state index is 12.8. The highest BCUT2D eigenvalue weighted by Crippen LogP contribution is 2.34. The van der Waals surface area contributed by atoms with Crippen LogP contribution in [0.3, 0.4) is 0 Å². The number of hydrogen-bond acceptors (Lipinski definition) is 3. The number of carbonyl (C=O) groups excluding carboxylic acids is 1. The van der Waals surface area contributed by atoms with Crippen molar-refractivity contribution in [3.63, 3.8) is 0 Å². The van der Waals surface area contributed by atoms with Crippen molar-refractivity contribution in [3.8, 4) is 17.0 Å². The summed E-state index contributed by atoms with van der Waals surface area (Å²) < 4.78 is 7.17. The zero-order valence-electron chi connectivity index (χ0n) is 15.0. The lowest BCUT2D eigenvalue weighted by molar-refractivity contribution is 0.0944. The Balaban J connectivity index is 1.61. The molecule has 3 aromatic rings. The summed E-state index contributed by atoms with van der Waals surface area (Å²) in [6.45, 7) is 0.408. The summed E-state index contributed by atoms with van der Waals surface area (Å²) in [7, 11) is 3.53. The van der Waals surface area contributed by atoms with Crippen LogP contribution in [0.4, 0.5) is 0 Å². The number of aromatic nitrogens is 2. The van der Waals surface area contributed by atoms with Crippen molar-refractivity contribution in [1.82, 2.24) is 15.1 Å². The van der Waals surface area contributed by atoms with E-state index in [0.29, 0.717) is 12.2 Å². The van der Waals surface area contributed by atoms with Gasteiger partial charge in [-0.05, 0) is 24.5 Å². The molecule has 0 spiro atoms. The standard InChI is InChI=1S/C21H21N3O2/c1-24-20-16-9-5-3-7-14(16)11-12-17(20)19(23-24)21(25)22-13-15-8-4-6-10-18(15)26-2/h3-10H,11-13H2,1-2H3,(H,22,25). The van der Waals surface area contributed by atoms with Gasteiger partial charge in [-0.3, -0.25) is 9.48 Å². The molecule has 0 bridgehead atoms. The fourth-order valence-electron chi connectivity index (χ4n) is 3.66. The number of ether oxygens (including phenoxy) is 1. The Labute approximate surface area is 152 Å². The molecule has 26 heavy (non-hydrogen) atoms. The number of nitrogens with one attached hydrogen (secondary N) is 1. The molecule has 5 heteroatoms. The summed E-state index contributed by atoms with van der Waals surface area (Å²) in [5.41, 5.74) is 6.03. The Morgan fingerprint density at radius 2 is 1.92 bits per heavy atom. The van der Waals surface area contributed by atoms with E-state index in [1.807, 2.05) is 42.1 Å². The molecule has 4 rings (SSSR count). The molecule has 132 valence electrons. The van der Waals surface area contributed by atoms with Crippen LogP contribution in [0.1, 0.15) is 27.2 Å². The van der Waals surface area contributed by atoms with E-state index in [0.717, 1.165) is 35.4 Å². The van der Waals surface area contributed by atoms with Crippen LogP contribution in [0.2, 0.25) is 0 Å². The fraction of sp³-hybridized carbons (Fsp3) is 0.238. The van der Waals surface area contributed by atoms with Crippen molar-refractivity contribution < 1.29 is 9.53 Å². The Hall–Kier alpha value is -3.08. The highest BCUT2D eigenvalue weighted by Gasteiger charge is 2.26. The number of carbonyl (C=O) groups is 1. The molecule has 1 aliphatic carbocycles. The van der Waals surface area contributed by atoms with Crippen molar-refractivity contribution >= 4 is 5.91 Å².